The van der Waals surface area contributed by atoms with Gasteiger partial charge in [0, 0.05) is 30.4 Å². The second-order valence-corrected chi connectivity index (χ2v) is 10.2. The van der Waals surface area contributed by atoms with Gasteiger partial charge >= 0.3 is 12.3 Å². The van der Waals surface area contributed by atoms with Gasteiger partial charge in [0.2, 0.25) is 5.95 Å². The minimum Gasteiger partial charge on any atom is -0.446 e. The lowest BCUT2D eigenvalue weighted by Gasteiger charge is -2.18. The van der Waals surface area contributed by atoms with Crippen molar-refractivity contribution in [2.75, 3.05) is 11.6 Å². The van der Waals surface area contributed by atoms with Gasteiger partial charge in [-0.15, -0.1) is 0 Å². The van der Waals surface area contributed by atoms with E-state index in [1.807, 2.05) is 0 Å². The molecule has 0 radical (unpaired) electrons. The maximum atomic E-state index is 12.4. The summed E-state index contributed by atoms with van der Waals surface area (Å²) in [7, 11) is -3.27. The molecule has 0 spiro atoms. The smallest absolute Gasteiger partial charge is 0.407 e. The van der Waals surface area contributed by atoms with Crippen LogP contribution in [-0.4, -0.2) is 49.1 Å². The van der Waals surface area contributed by atoms with Gasteiger partial charge in [-0.05, 0) is 61.9 Å². The van der Waals surface area contributed by atoms with E-state index in [1.165, 1.54) is 19.1 Å². The fraction of sp³-hybridized carbons (Fsp3) is 0.476. The number of sulfone groups is 1. The maximum absolute atomic E-state index is 12.4. The number of hydrogen-bond acceptors (Lipinski definition) is 7. The van der Waals surface area contributed by atoms with Crippen molar-refractivity contribution >= 4 is 27.6 Å². The summed E-state index contributed by atoms with van der Waals surface area (Å²) in [4.78, 5) is 20.6. The van der Waals surface area contributed by atoms with E-state index in [0.717, 1.165) is 18.2 Å². The molecule has 33 heavy (non-hydrogen) atoms. The zero-order valence-corrected chi connectivity index (χ0v) is 18.9. The molecule has 1 aliphatic rings. The van der Waals surface area contributed by atoms with Crippen LogP contribution in [0.25, 0.3) is 0 Å². The Hall–Kier alpha value is -2.89. The SMILES string of the molecule is C[C@@H](CC(F)(F)F)NC(=O)O[C@H]1CC[C@@H](c2cnc(Nc3ccc(S(C)(=O)=O)cc3)nc2)C1. The number of amides is 1. The first-order valence-corrected chi connectivity index (χ1v) is 12.2. The van der Waals surface area contributed by atoms with Gasteiger partial charge < -0.3 is 15.4 Å². The molecule has 1 aromatic heterocycles. The third-order valence-corrected chi connectivity index (χ3v) is 6.37. The van der Waals surface area contributed by atoms with E-state index in [-0.39, 0.29) is 16.9 Å². The lowest BCUT2D eigenvalue weighted by molar-refractivity contribution is -0.138. The highest BCUT2D eigenvalue weighted by Crippen LogP contribution is 2.35. The molecule has 1 aromatic carbocycles. The molecule has 3 atom stereocenters. The lowest BCUT2D eigenvalue weighted by Crippen LogP contribution is -2.37. The third-order valence-electron chi connectivity index (χ3n) is 5.24. The standard InChI is InChI=1S/C21H25F3N4O4S/c1-13(10-21(22,23)24)27-20(29)32-17-6-3-14(9-17)15-11-25-19(26-12-15)28-16-4-7-18(8-5-16)33(2,30)31/h4-5,7-8,11-14,17H,3,6,9-10H2,1-2H3,(H,27,29)(H,25,26,28)/t13-,14+,17-/m0/s1. The largest absolute Gasteiger partial charge is 0.446 e. The average molecular weight is 487 g/mol. The quantitative estimate of drug-likeness (QED) is 0.599. The summed E-state index contributed by atoms with van der Waals surface area (Å²) in [6.07, 6.45) is -0.384. The average Bonchev–Trinajstić information content (AvgIpc) is 3.15. The van der Waals surface area contributed by atoms with Crippen LogP contribution < -0.4 is 10.6 Å². The number of halogens is 3. The highest BCUT2D eigenvalue weighted by Gasteiger charge is 2.32. The van der Waals surface area contributed by atoms with Gasteiger partial charge in [0.1, 0.15) is 6.10 Å². The summed E-state index contributed by atoms with van der Waals surface area (Å²) in [6, 6.07) is 5.15. The maximum Gasteiger partial charge on any atom is 0.407 e. The number of ether oxygens (including phenoxy) is 1. The normalized spacial score (nSPS) is 19.7. The molecule has 0 saturated heterocycles. The van der Waals surface area contributed by atoms with Gasteiger partial charge in [0.15, 0.2) is 9.84 Å². The van der Waals surface area contributed by atoms with Crippen molar-refractivity contribution in [2.24, 2.45) is 0 Å². The van der Waals surface area contributed by atoms with Crippen LogP contribution in [-0.2, 0) is 14.6 Å². The van der Waals surface area contributed by atoms with Crippen molar-refractivity contribution in [3.05, 3.63) is 42.2 Å². The van der Waals surface area contributed by atoms with E-state index in [9.17, 15) is 26.4 Å². The van der Waals surface area contributed by atoms with Crippen molar-refractivity contribution in [3.63, 3.8) is 0 Å². The van der Waals surface area contributed by atoms with E-state index in [2.05, 4.69) is 20.6 Å². The van der Waals surface area contributed by atoms with E-state index in [1.54, 1.807) is 24.5 Å². The first-order valence-electron chi connectivity index (χ1n) is 10.3. The molecule has 2 aromatic rings. The van der Waals surface area contributed by atoms with Gasteiger partial charge in [0.25, 0.3) is 0 Å². The van der Waals surface area contributed by atoms with Crippen molar-refractivity contribution in [2.45, 2.75) is 61.7 Å². The Morgan fingerprint density at radius 1 is 1.18 bits per heavy atom. The monoisotopic (exact) mass is 486 g/mol. The van der Waals surface area contributed by atoms with Crippen molar-refractivity contribution in [1.29, 1.82) is 0 Å². The van der Waals surface area contributed by atoms with Crippen LogP contribution in [0, 0.1) is 0 Å². The minimum atomic E-state index is -4.36. The molecule has 1 fully saturated rings. The molecule has 0 aliphatic heterocycles. The topological polar surface area (TPSA) is 110 Å². The molecule has 0 bridgehead atoms. The Morgan fingerprint density at radius 3 is 2.39 bits per heavy atom. The number of hydrogen-bond donors (Lipinski definition) is 2. The highest BCUT2D eigenvalue weighted by molar-refractivity contribution is 7.90. The Labute approximate surface area is 189 Å². The number of nitrogens with one attached hydrogen (secondary N) is 2. The van der Waals surface area contributed by atoms with E-state index in [0.29, 0.717) is 24.5 Å². The molecule has 180 valence electrons. The van der Waals surface area contributed by atoms with Gasteiger partial charge in [-0.2, -0.15) is 13.2 Å². The predicted octanol–water partition coefficient (Wildman–Crippen LogP) is 4.33. The van der Waals surface area contributed by atoms with Crippen LogP contribution in [0.5, 0.6) is 0 Å². The van der Waals surface area contributed by atoms with Gasteiger partial charge in [-0.1, -0.05) is 0 Å². The number of carbonyl (C=O) groups excluding carboxylic acids is 1. The van der Waals surface area contributed by atoms with Crippen LogP contribution in [0.1, 0.15) is 44.1 Å². The molecule has 12 heteroatoms. The summed E-state index contributed by atoms with van der Waals surface area (Å²) in [6.45, 7) is 1.28. The lowest BCUT2D eigenvalue weighted by atomic mass is 10.0. The fourth-order valence-corrected chi connectivity index (χ4v) is 4.29. The number of nitrogens with zero attached hydrogens (tertiary/aromatic N) is 2. The van der Waals surface area contributed by atoms with Gasteiger partial charge in [0.05, 0.1) is 11.3 Å². The summed E-state index contributed by atoms with van der Waals surface area (Å²) in [5.74, 6) is 0.410. The molecule has 8 nitrogen and oxygen atoms in total. The van der Waals surface area contributed by atoms with Crippen LogP contribution in [0.4, 0.5) is 29.6 Å². The second kappa shape index (κ2) is 9.94. The van der Waals surface area contributed by atoms with Crippen LogP contribution >= 0.6 is 0 Å². The van der Waals surface area contributed by atoms with Gasteiger partial charge in [-0.25, -0.2) is 23.2 Å². The first-order chi connectivity index (χ1) is 15.4. The van der Waals surface area contributed by atoms with E-state index in [4.69, 9.17) is 4.74 Å². The molecule has 0 unspecified atom stereocenters. The first kappa shape index (κ1) is 24.7. The predicted molar refractivity (Wildman–Crippen MR) is 115 cm³/mol. The number of rotatable bonds is 7. The van der Waals surface area contributed by atoms with E-state index >= 15 is 0 Å². The molecule has 1 heterocycles. The number of carbonyl (C=O) groups is 1. The number of alkyl halides is 3. The Bertz CT molecular complexity index is 1060. The highest BCUT2D eigenvalue weighted by atomic mass is 32.2. The van der Waals surface area contributed by atoms with Crippen molar-refractivity contribution in [3.8, 4) is 0 Å². The van der Waals surface area contributed by atoms with Crippen LogP contribution in [0.15, 0.2) is 41.6 Å². The van der Waals surface area contributed by atoms with Crippen LogP contribution in [0.3, 0.4) is 0 Å². The van der Waals surface area contributed by atoms with Crippen molar-refractivity contribution < 1.29 is 31.1 Å². The van der Waals surface area contributed by atoms with Gasteiger partial charge in [-0.3, -0.25) is 0 Å². The Balaban J connectivity index is 1.50. The third kappa shape index (κ3) is 7.58. The molecule has 1 aliphatic carbocycles. The zero-order valence-electron chi connectivity index (χ0n) is 18.1. The Kier molecular flexibility index (Phi) is 7.45. The Morgan fingerprint density at radius 2 is 1.82 bits per heavy atom. The second-order valence-electron chi connectivity index (χ2n) is 8.16. The zero-order chi connectivity index (χ0) is 24.2. The molecule has 1 saturated carbocycles. The number of benzene rings is 1. The molecule has 2 N–H and O–H groups in total. The molecule has 1 amide bonds. The summed E-state index contributed by atoms with van der Waals surface area (Å²) in [5, 5.41) is 5.21. The summed E-state index contributed by atoms with van der Waals surface area (Å²) in [5.41, 5.74) is 1.50. The summed E-state index contributed by atoms with van der Waals surface area (Å²) < 4.78 is 65.5. The van der Waals surface area contributed by atoms with Crippen LogP contribution in [0.2, 0.25) is 0 Å². The van der Waals surface area contributed by atoms with Crippen molar-refractivity contribution in [1.82, 2.24) is 15.3 Å². The molecular weight excluding hydrogens is 461 g/mol. The van der Waals surface area contributed by atoms with E-state index < -0.39 is 34.6 Å². The minimum absolute atomic E-state index is 0.0680. The molecule has 3 rings (SSSR count). The molecular formula is C21H25F3N4O4S. The summed E-state index contributed by atoms with van der Waals surface area (Å²) >= 11 is 0. The number of alkyl carbamates (subject to hydrolysis) is 1. The number of anilines is 2. The fourth-order valence-electron chi connectivity index (χ4n) is 3.66. The number of aromatic nitrogens is 2.